The van der Waals surface area contributed by atoms with Gasteiger partial charge in [0, 0.05) is 18.5 Å². The number of piperidine rings is 1. The summed E-state index contributed by atoms with van der Waals surface area (Å²) in [5.41, 5.74) is 0.672. The number of rotatable bonds is 3. The van der Waals surface area contributed by atoms with E-state index >= 15 is 0 Å². The lowest BCUT2D eigenvalue weighted by Gasteiger charge is -2.29. The van der Waals surface area contributed by atoms with Crippen LogP contribution in [-0.2, 0) is 4.79 Å². The molecule has 1 aliphatic heterocycles. The summed E-state index contributed by atoms with van der Waals surface area (Å²) in [7, 11) is 0. The Morgan fingerprint density at radius 3 is 2.36 bits per heavy atom. The van der Waals surface area contributed by atoms with Crippen LogP contribution in [0.15, 0.2) is 35.3 Å². The molecule has 0 N–H and O–H groups in total. The molecule has 0 radical (unpaired) electrons. The predicted molar refractivity (Wildman–Crippen MR) is 95.9 cm³/mol. The molecule has 3 nitrogen and oxygen atoms in total. The summed E-state index contributed by atoms with van der Waals surface area (Å²) < 4.78 is 0. The predicted octanol–water partition coefficient (Wildman–Crippen LogP) is 4.51. The number of Topliss-reactive ketones (excluding diaryl/α,β-unsaturated/α-hetero) is 1. The van der Waals surface area contributed by atoms with Crippen molar-refractivity contribution in [2.45, 2.75) is 40.0 Å². The first-order chi connectivity index (χ1) is 10.5. The highest BCUT2D eigenvalue weighted by molar-refractivity contribution is 8.14. The van der Waals surface area contributed by atoms with Gasteiger partial charge < -0.3 is 4.90 Å². The Balaban J connectivity index is 2.11. The van der Waals surface area contributed by atoms with E-state index < -0.39 is 0 Å². The number of carbonyl (C=O) groups is 1. The minimum Gasteiger partial charge on any atom is -0.351 e. The number of para-hydroxylation sites is 1. The molecule has 1 fully saturated rings. The lowest BCUT2D eigenvalue weighted by molar-refractivity contribution is -0.123. The van der Waals surface area contributed by atoms with Crippen molar-refractivity contribution in [1.82, 2.24) is 4.90 Å². The monoisotopic (exact) mass is 318 g/mol. The molecule has 1 heterocycles. The maximum Gasteiger partial charge on any atom is 0.164 e. The average molecular weight is 318 g/mol. The first kappa shape index (κ1) is 17.1. The van der Waals surface area contributed by atoms with Crippen LogP contribution in [0.25, 0.3) is 0 Å². The smallest absolute Gasteiger partial charge is 0.164 e. The molecule has 0 spiro atoms. The van der Waals surface area contributed by atoms with Crippen molar-refractivity contribution in [2.75, 3.05) is 18.8 Å². The summed E-state index contributed by atoms with van der Waals surface area (Å²) in [5, 5.41) is 0.989. The molecule has 0 saturated carbocycles. The van der Waals surface area contributed by atoms with Gasteiger partial charge in [-0.25, -0.2) is 4.99 Å². The van der Waals surface area contributed by atoms with Crippen molar-refractivity contribution in [3.05, 3.63) is 30.3 Å². The van der Waals surface area contributed by atoms with Crippen LogP contribution in [0.1, 0.15) is 40.0 Å². The van der Waals surface area contributed by atoms with E-state index in [4.69, 9.17) is 4.99 Å². The maximum absolute atomic E-state index is 12.2. The molecule has 4 heteroatoms. The molecule has 0 aromatic heterocycles. The number of thioether (sulfide) groups is 1. The van der Waals surface area contributed by atoms with Gasteiger partial charge >= 0.3 is 0 Å². The van der Waals surface area contributed by atoms with Gasteiger partial charge in [-0.1, -0.05) is 50.7 Å². The molecule has 0 unspecified atom stereocenters. The molecule has 0 amide bonds. The number of hydrogen-bond acceptors (Lipinski definition) is 3. The molecule has 2 rings (SSSR count). The molecule has 0 aliphatic carbocycles. The van der Waals surface area contributed by atoms with Crippen molar-refractivity contribution in [3.63, 3.8) is 0 Å². The molecule has 1 aromatic carbocycles. The molecule has 0 atom stereocenters. The first-order valence-corrected chi connectivity index (χ1v) is 9.00. The SMILES string of the molecule is CC(C)(C)C(=O)CSC(=Nc1ccccc1)N1CCCCC1. The van der Waals surface area contributed by atoms with Crippen molar-refractivity contribution in [3.8, 4) is 0 Å². The van der Waals surface area contributed by atoms with Gasteiger partial charge in [0.1, 0.15) is 5.78 Å². The largest absolute Gasteiger partial charge is 0.351 e. The second kappa shape index (κ2) is 7.82. The molecule has 120 valence electrons. The highest BCUT2D eigenvalue weighted by Crippen LogP contribution is 2.23. The molecule has 1 saturated heterocycles. The molecule has 1 aliphatic rings. The Bertz CT molecular complexity index is 514. The van der Waals surface area contributed by atoms with Gasteiger partial charge in [-0.2, -0.15) is 0 Å². The number of ketones is 1. The first-order valence-electron chi connectivity index (χ1n) is 8.01. The Hall–Kier alpha value is -1.29. The van der Waals surface area contributed by atoms with Gasteiger partial charge in [0.05, 0.1) is 11.4 Å². The van der Waals surface area contributed by atoms with E-state index in [0.717, 1.165) is 23.9 Å². The molecular formula is C18H26N2OS. The van der Waals surface area contributed by atoms with E-state index in [1.807, 2.05) is 51.1 Å². The number of benzene rings is 1. The quantitative estimate of drug-likeness (QED) is 0.607. The van der Waals surface area contributed by atoms with Crippen LogP contribution < -0.4 is 0 Å². The minimum absolute atomic E-state index is 0.273. The summed E-state index contributed by atoms with van der Waals surface area (Å²) in [6.45, 7) is 8.02. The van der Waals surface area contributed by atoms with E-state index in [-0.39, 0.29) is 11.2 Å². The minimum atomic E-state index is -0.285. The number of carbonyl (C=O) groups excluding carboxylic acids is 1. The Kier molecular flexibility index (Phi) is 6.07. The standard InChI is InChI=1S/C18H26N2OS/c1-18(2,3)16(21)14-22-17(20-12-8-5-9-13-20)19-15-10-6-4-7-11-15/h4,6-7,10-11H,5,8-9,12-14H2,1-3H3. The second-order valence-corrected chi connectivity index (χ2v) is 7.68. The fourth-order valence-electron chi connectivity index (χ4n) is 2.24. The topological polar surface area (TPSA) is 32.7 Å². The van der Waals surface area contributed by atoms with Crippen molar-refractivity contribution in [2.24, 2.45) is 10.4 Å². The van der Waals surface area contributed by atoms with E-state index in [9.17, 15) is 4.79 Å². The lowest BCUT2D eigenvalue weighted by atomic mass is 9.92. The summed E-state index contributed by atoms with van der Waals surface area (Å²) >= 11 is 1.58. The van der Waals surface area contributed by atoms with Crippen LogP contribution in [0.2, 0.25) is 0 Å². The van der Waals surface area contributed by atoms with Gasteiger partial charge in [-0.3, -0.25) is 4.79 Å². The highest BCUT2D eigenvalue weighted by atomic mass is 32.2. The molecular weight excluding hydrogens is 292 g/mol. The number of aliphatic imine (C=N–C) groups is 1. The van der Waals surface area contributed by atoms with Gasteiger partial charge in [0.2, 0.25) is 0 Å². The van der Waals surface area contributed by atoms with E-state index in [0.29, 0.717) is 5.75 Å². The fourth-order valence-corrected chi connectivity index (χ4v) is 3.47. The summed E-state index contributed by atoms with van der Waals surface area (Å²) in [5.74, 6) is 0.765. The lowest BCUT2D eigenvalue weighted by Crippen LogP contribution is -2.35. The summed E-state index contributed by atoms with van der Waals surface area (Å²) in [6, 6.07) is 10.0. The van der Waals surface area contributed by atoms with E-state index in [1.54, 1.807) is 11.8 Å². The Labute approximate surface area is 138 Å². The van der Waals surface area contributed by atoms with Crippen LogP contribution in [-0.4, -0.2) is 34.7 Å². The highest BCUT2D eigenvalue weighted by Gasteiger charge is 2.23. The van der Waals surface area contributed by atoms with Crippen LogP contribution in [0.4, 0.5) is 5.69 Å². The third-order valence-electron chi connectivity index (χ3n) is 3.78. The van der Waals surface area contributed by atoms with E-state index in [1.165, 1.54) is 19.3 Å². The molecule has 0 bridgehead atoms. The van der Waals surface area contributed by atoms with Crippen LogP contribution >= 0.6 is 11.8 Å². The van der Waals surface area contributed by atoms with Crippen molar-refractivity contribution >= 4 is 28.4 Å². The van der Waals surface area contributed by atoms with Crippen LogP contribution in [0, 0.1) is 5.41 Å². The van der Waals surface area contributed by atoms with Gasteiger partial charge in [-0.15, -0.1) is 0 Å². The van der Waals surface area contributed by atoms with Gasteiger partial charge in [0.25, 0.3) is 0 Å². The normalized spacial score (nSPS) is 16.7. The fraction of sp³-hybridized carbons (Fsp3) is 0.556. The zero-order chi connectivity index (χ0) is 16.0. The zero-order valence-electron chi connectivity index (χ0n) is 13.8. The van der Waals surface area contributed by atoms with E-state index in [2.05, 4.69) is 4.90 Å². The number of likely N-dealkylation sites (tertiary alicyclic amines) is 1. The Morgan fingerprint density at radius 2 is 1.77 bits per heavy atom. The van der Waals surface area contributed by atoms with Crippen LogP contribution in [0.3, 0.4) is 0 Å². The third-order valence-corrected chi connectivity index (χ3v) is 4.79. The third kappa shape index (κ3) is 5.16. The summed E-state index contributed by atoms with van der Waals surface area (Å²) in [6.07, 6.45) is 3.71. The number of hydrogen-bond donors (Lipinski definition) is 0. The van der Waals surface area contributed by atoms with Gasteiger partial charge in [0.15, 0.2) is 5.17 Å². The van der Waals surface area contributed by atoms with Crippen molar-refractivity contribution in [1.29, 1.82) is 0 Å². The van der Waals surface area contributed by atoms with Gasteiger partial charge in [-0.05, 0) is 31.4 Å². The average Bonchev–Trinajstić information content (AvgIpc) is 2.52. The molecule has 1 aromatic rings. The summed E-state index contributed by atoms with van der Waals surface area (Å²) in [4.78, 5) is 19.3. The number of amidine groups is 1. The zero-order valence-corrected chi connectivity index (χ0v) is 14.7. The number of nitrogens with zero attached hydrogens (tertiary/aromatic N) is 2. The van der Waals surface area contributed by atoms with Crippen molar-refractivity contribution < 1.29 is 4.79 Å². The second-order valence-electron chi connectivity index (χ2n) is 6.74. The Morgan fingerprint density at radius 1 is 1.14 bits per heavy atom. The molecule has 22 heavy (non-hydrogen) atoms. The van der Waals surface area contributed by atoms with Crippen LogP contribution in [0.5, 0.6) is 0 Å². The maximum atomic E-state index is 12.2.